The Morgan fingerprint density at radius 1 is 1.08 bits per heavy atom. The monoisotopic (exact) mass is 269 g/mol. The highest BCUT2D eigenvalue weighted by Gasteiger charge is 2.02. The zero-order valence-corrected chi connectivity index (χ0v) is 9.20. The van der Waals surface area contributed by atoms with Gasteiger partial charge in [0.2, 0.25) is 0 Å². The van der Waals surface area contributed by atoms with E-state index in [9.17, 15) is 0 Å². The molecule has 0 nitrogen and oxygen atoms in total. The van der Waals surface area contributed by atoms with Crippen molar-refractivity contribution in [3.05, 3.63) is 45.5 Å². The lowest BCUT2D eigenvalue weighted by Gasteiger charge is -1.97. The molecule has 0 bridgehead atoms. The van der Waals surface area contributed by atoms with Crippen molar-refractivity contribution in [2.45, 2.75) is 6.92 Å². The Hall–Kier alpha value is -0.570. The van der Waals surface area contributed by atoms with Crippen molar-refractivity contribution in [1.82, 2.24) is 0 Å². The SMILES string of the molecule is Cc1ccc2c([IH+])cccc2c1. The Balaban J connectivity index is 2.86. The molecule has 0 aliphatic heterocycles. The Morgan fingerprint density at radius 2 is 1.92 bits per heavy atom. The summed E-state index contributed by atoms with van der Waals surface area (Å²) in [6.07, 6.45) is 0. The first kappa shape index (κ1) is 8.05. The van der Waals surface area contributed by atoms with Crippen LogP contribution in [-0.4, -0.2) is 0 Å². The summed E-state index contributed by atoms with van der Waals surface area (Å²) in [5, 5.41) is 2.71. The quantitative estimate of drug-likeness (QED) is 0.571. The van der Waals surface area contributed by atoms with Gasteiger partial charge in [0.25, 0.3) is 22.6 Å². The molecule has 0 atom stereocenters. The van der Waals surface area contributed by atoms with Crippen molar-refractivity contribution in [3.8, 4) is 0 Å². The highest BCUT2D eigenvalue weighted by atomic mass is 127. The van der Waals surface area contributed by atoms with Crippen LogP contribution < -0.4 is 22.6 Å². The largest absolute Gasteiger partial charge is 0.297 e. The molecule has 0 saturated heterocycles. The fraction of sp³-hybridized carbons (Fsp3) is 0.0909. The number of hydrogen-bond donors (Lipinski definition) is 0. The van der Waals surface area contributed by atoms with E-state index < -0.39 is 0 Å². The second-order valence-corrected chi connectivity index (χ2v) is 4.24. The second kappa shape index (κ2) is 3.05. The maximum absolute atomic E-state index is 2.23. The van der Waals surface area contributed by atoms with Gasteiger partial charge in [-0.2, -0.15) is 0 Å². The van der Waals surface area contributed by atoms with Crippen molar-refractivity contribution >= 4 is 10.8 Å². The molecule has 2 rings (SSSR count). The van der Waals surface area contributed by atoms with Crippen LogP contribution in [0.3, 0.4) is 0 Å². The molecule has 0 saturated carbocycles. The normalized spacial score (nSPS) is 10.5. The van der Waals surface area contributed by atoms with Gasteiger partial charge >= 0.3 is 0 Å². The zero-order chi connectivity index (χ0) is 8.55. The minimum absolute atomic E-state index is 1.33. The first-order valence-electron chi connectivity index (χ1n) is 3.94. The van der Waals surface area contributed by atoms with Gasteiger partial charge in [-0.15, -0.1) is 0 Å². The molecule has 60 valence electrons. The minimum Gasteiger partial charge on any atom is -0.0585 e. The molecule has 0 spiro atoms. The Bertz CT molecular complexity index is 418. The predicted octanol–water partition coefficient (Wildman–Crippen LogP) is -0.397. The molecular formula is C11H10I+. The summed E-state index contributed by atoms with van der Waals surface area (Å²) in [7, 11) is 0. The van der Waals surface area contributed by atoms with Crippen molar-refractivity contribution in [3.63, 3.8) is 0 Å². The van der Waals surface area contributed by atoms with Gasteiger partial charge in [0.05, 0.1) is 0 Å². The van der Waals surface area contributed by atoms with E-state index in [4.69, 9.17) is 0 Å². The van der Waals surface area contributed by atoms with Crippen LogP contribution in [0.15, 0.2) is 36.4 Å². The molecule has 0 radical (unpaired) electrons. The zero-order valence-electron chi connectivity index (χ0n) is 6.87. The summed E-state index contributed by atoms with van der Waals surface area (Å²) in [6, 6.07) is 13.0. The van der Waals surface area contributed by atoms with Gasteiger partial charge in [0.1, 0.15) is 0 Å². The van der Waals surface area contributed by atoms with Crippen LogP contribution in [-0.2, 0) is 0 Å². The molecule has 0 aliphatic rings. The van der Waals surface area contributed by atoms with Gasteiger partial charge in [-0.3, -0.25) is 0 Å². The molecule has 0 aromatic heterocycles. The molecule has 0 N–H and O–H groups in total. The summed E-state index contributed by atoms with van der Waals surface area (Å²) in [6.45, 7) is 2.13. The number of fused-ring (bicyclic) bond motifs is 1. The van der Waals surface area contributed by atoms with Crippen LogP contribution >= 0.6 is 0 Å². The van der Waals surface area contributed by atoms with Crippen LogP contribution in [0.4, 0.5) is 0 Å². The van der Waals surface area contributed by atoms with Crippen molar-refractivity contribution in [2.75, 3.05) is 0 Å². The van der Waals surface area contributed by atoms with Gasteiger partial charge in [-0.1, -0.05) is 29.8 Å². The molecule has 12 heavy (non-hydrogen) atoms. The van der Waals surface area contributed by atoms with Gasteiger partial charge in [0, 0.05) is 5.39 Å². The van der Waals surface area contributed by atoms with E-state index in [-0.39, 0.29) is 0 Å². The number of hydrogen-bond acceptors (Lipinski definition) is 0. The predicted molar refractivity (Wildman–Crippen MR) is 48.8 cm³/mol. The van der Waals surface area contributed by atoms with Gasteiger partial charge in [-0.25, -0.2) is 0 Å². The topological polar surface area (TPSA) is 0 Å². The Morgan fingerprint density at radius 3 is 2.75 bits per heavy atom. The molecule has 0 aliphatic carbocycles. The smallest absolute Gasteiger partial charge is 0.0585 e. The van der Waals surface area contributed by atoms with Crippen LogP contribution in [0.1, 0.15) is 5.56 Å². The average Bonchev–Trinajstić information content (AvgIpc) is 2.04. The molecule has 0 amide bonds. The summed E-state index contributed by atoms with van der Waals surface area (Å²) < 4.78 is 1.36. The number of halogens is 1. The Kier molecular flexibility index (Phi) is 2.05. The van der Waals surface area contributed by atoms with Gasteiger partial charge in [0.15, 0.2) is 3.57 Å². The number of aryl methyl sites for hydroxylation is 1. The maximum Gasteiger partial charge on any atom is 0.297 e. The van der Waals surface area contributed by atoms with E-state index in [1.165, 1.54) is 19.9 Å². The van der Waals surface area contributed by atoms with E-state index in [0.29, 0.717) is 0 Å². The highest BCUT2D eigenvalue weighted by Crippen LogP contribution is 2.14. The first-order chi connectivity index (χ1) is 5.77. The van der Waals surface area contributed by atoms with Crippen LogP contribution in [0, 0.1) is 10.5 Å². The van der Waals surface area contributed by atoms with Crippen molar-refractivity contribution in [1.29, 1.82) is 0 Å². The molecule has 2 aromatic carbocycles. The Labute approximate surface area is 85.7 Å². The summed E-state index contributed by atoms with van der Waals surface area (Å²) in [4.78, 5) is 0. The van der Waals surface area contributed by atoms with E-state index in [2.05, 4.69) is 65.9 Å². The van der Waals surface area contributed by atoms with Crippen molar-refractivity contribution < 1.29 is 22.6 Å². The van der Waals surface area contributed by atoms with Crippen LogP contribution in [0.2, 0.25) is 0 Å². The van der Waals surface area contributed by atoms with E-state index in [1.54, 1.807) is 0 Å². The van der Waals surface area contributed by atoms with Crippen LogP contribution in [0.25, 0.3) is 10.8 Å². The third-order valence-corrected chi connectivity index (χ3v) is 3.01. The second-order valence-electron chi connectivity index (χ2n) is 2.98. The molecule has 0 unspecified atom stereocenters. The molecular weight excluding hydrogens is 259 g/mol. The lowest BCUT2D eigenvalue weighted by Crippen LogP contribution is -3.34. The summed E-state index contributed by atoms with van der Waals surface area (Å²) >= 11 is 2.08. The standard InChI is InChI=1S/C11H10I/c1-8-5-6-10-9(7-8)3-2-4-11(10)12/h2-7,12H,1H3/q+1. The lowest BCUT2D eigenvalue weighted by atomic mass is 10.1. The first-order valence-corrected chi connectivity index (χ1v) is 5.10. The lowest BCUT2D eigenvalue weighted by molar-refractivity contribution is -0.324. The molecule has 1 heteroatoms. The number of benzene rings is 2. The highest BCUT2D eigenvalue weighted by molar-refractivity contribution is 5.82. The molecule has 0 fully saturated rings. The molecule has 0 heterocycles. The van der Waals surface area contributed by atoms with E-state index in [1.807, 2.05) is 0 Å². The fourth-order valence-corrected chi connectivity index (χ4v) is 2.13. The molecule has 2 aromatic rings. The number of rotatable bonds is 0. The fourth-order valence-electron chi connectivity index (χ4n) is 1.37. The van der Waals surface area contributed by atoms with Gasteiger partial charge < -0.3 is 0 Å². The average molecular weight is 269 g/mol. The van der Waals surface area contributed by atoms with Gasteiger partial charge in [-0.05, 0) is 24.4 Å². The van der Waals surface area contributed by atoms with E-state index in [0.717, 1.165) is 0 Å². The van der Waals surface area contributed by atoms with Crippen molar-refractivity contribution in [2.24, 2.45) is 0 Å². The summed E-state index contributed by atoms with van der Waals surface area (Å²) in [5.41, 5.74) is 1.33. The summed E-state index contributed by atoms with van der Waals surface area (Å²) in [5.74, 6) is 0. The van der Waals surface area contributed by atoms with Crippen LogP contribution in [0.5, 0.6) is 0 Å². The maximum atomic E-state index is 2.23. The third kappa shape index (κ3) is 1.33. The van der Waals surface area contributed by atoms with E-state index >= 15 is 0 Å². The minimum atomic E-state index is 1.33. The third-order valence-electron chi connectivity index (χ3n) is 2.00.